The molecule has 4 nitrogen and oxygen atoms in total. The largest absolute Gasteiger partial charge is 0.493 e. The molecule has 0 aliphatic heterocycles. The molecule has 5 rings (SSSR count). The quantitative estimate of drug-likeness (QED) is 0.155. The molecule has 39 heavy (non-hydrogen) atoms. The zero-order chi connectivity index (χ0) is 27.1. The van der Waals surface area contributed by atoms with Gasteiger partial charge >= 0.3 is 5.97 Å². The Morgan fingerprint density at radius 2 is 1.13 bits per heavy atom. The fourth-order valence-corrected chi connectivity index (χ4v) is 9.08. The first-order valence-electron chi connectivity index (χ1n) is 12.7. The molecule has 0 atom stereocenters. The Kier molecular flexibility index (Phi) is 8.05. The van der Waals surface area contributed by atoms with E-state index < -0.39 is 13.2 Å². The number of carbonyl (C=O) groups excluding carboxylic acids is 1. The van der Waals surface area contributed by atoms with Crippen LogP contribution in [-0.2, 0) is 10.9 Å². The maximum Gasteiger partial charge on any atom is 0.337 e. The van der Waals surface area contributed by atoms with Crippen LogP contribution in [0.15, 0.2) is 133 Å². The van der Waals surface area contributed by atoms with E-state index in [-0.39, 0.29) is 0 Å². The summed E-state index contributed by atoms with van der Waals surface area (Å²) in [7, 11) is 0.926. The number of ether oxygens (including phenoxy) is 3. The summed E-state index contributed by atoms with van der Waals surface area (Å²) in [6.45, 7) is 0. The third-order valence-electron chi connectivity index (χ3n) is 6.75. The molecule has 0 heterocycles. The van der Waals surface area contributed by atoms with Gasteiger partial charge in [0.05, 0.1) is 25.9 Å². The molecule has 0 spiro atoms. The van der Waals surface area contributed by atoms with Gasteiger partial charge < -0.3 is 14.2 Å². The number of esters is 1. The molecular formula is C34H30O4P+. The number of hydrogen-bond donors (Lipinski definition) is 0. The van der Waals surface area contributed by atoms with Crippen LogP contribution in [0.5, 0.6) is 17.2 Å². The van der Waals surface area contributed by atoms with E-state index in [1.54, 1.807) is 25.3 Å². The molecule has 0 radical (unpaired) electrons. The molecule has 5 aromatic carbocycles. The predicted octanol–water partition coefficient (Wildman–Crippen LogP) is 6.77. The highest BCUT2D eigenvalue weighted by Gasteiger charge is 2.45. The lowest BCUT2D eigenvalue weighted by Crippen LogP contribution is -2.32. The molecule has 0 saturated carbocycles. The topological polar surface area (TPSA) is 44.8 Å². The second-order valence-electron chi connectivity index (χ2n) is 9.08. The molecule has 0 aliphatic rings. The normalized spacial score (nSPS) is 11.0. The third-order valence-corrected chi connectivity index (χ3v) is 11.1. The lowest BCUT2D eigenvalue weighted by molar-refractivity contribution is 0.0600. The lowest BCUT2D eigenvalue weighted by Gasteiger charge is -2.28. The Balaban J connectivity index is 1.52. The second kappa shape index (κ2) is 12.0. The van der Waals surface area contributed by atoms with Gasteiger partial charge in [-0.1, -0.05) is 66.7 Å². The first-order chi connectivity index (χ1) is 19.1. The molecule has 0 amide bonds. The summed E-state index contributed by atoms with van der Waals surface area (Å²) >= 11 is 0. The van der Waals surface area contributed by atoms with E-state index in [2.05, 4.69) is 103 Å². The van der Waals surface area contributed by atoms with Gasteiger partial charge in [0.2, 0.25) is 0 Å². The van der Waals surface area contributed by atoms with Gasteiger partial charge in [-0.3, -0.25) is 0 Å². The first-order valence-corrected chi connectivity index (χ1v) is 14.7. The molecule has 0 N–H and O–H groups in total. The van der Waals surface area contributed by atoms with Gasteiger partial charge in [0.15, 0.2) is 11.5 Å². The van der Waals surface area contributed by atoms with Crippen LogP contribution in [0.2, 0.25) is 0 Å². The van der Waals surface area contributed by atoms with Crippen LogP contribution in [-0.4, -0.2) is 20.2 Å². The Morgan fingerprint density at radius 3 is 1.59 bits per heavy atom. The lowest BCUT2D eigenvalue weighted by atomic mass is 10.2. The summed E-state index contributed by atoms with van der Waals surface area (Å²) in [5, 5.41) is 4.02. The molecule has 0 saturated heterocycles. The molecule has 0 fully saturated rings. The Hall–Kier alpha value is -4.40. The number of benzene rings is 5. The predicted molar refractivity (Wildman–Crippen MR) is 160 cm³/mol. The van der Waals surface area contributed by atoms with Crippen molar-refractivity contribution in [3.63, 3.8) is 0 Å². The molecular weight excluding hydrogens is 503 g/mol. The Labute approximate surface area is 230 Å². The van der Waals surface area contributed by atoms with Crippen LogP contribution >= 0.6 is 7.26 Å². The van der Waals surface area contributed by atoms with Crippen LogP contribution in [0, 0.1) is 0 Å². The van der Waals surface area contributed by atoms with Crippen molar-refractivity contribution in [2.75, 3.05) is 14.2 Å². The maximum atomic E-state index is 12.0. The van der Waals surface area contributed by atoms with E-state index in [0.29, 0.717) is 22.8 Å². The third kappa shape index (κ3) is 5.57. The number of hydrogen-bond acceptors (Lipinski definition) is 4. The molecule has 0 unspecified atom stereocenters. The molecule has 0 aromatic heterocycles. The summed E-state index contributed by atoms with van der Waals surface area (Å²) in [6.07, 6.45) is 0.868. The van der Waals surface area contributed by atoms with E-state index >= 15 is 0 Å². The minimum Gasteiger partial charge on any atom is -0.493 e. The molecule has 5 heteroatoms. The Morgan fingerprint density at radius 1 is 0.615 bits per heavy atom. The van der Waals surface area contributed by atoms with Gasteiger partial charge in [-0.2, -0.15) is 0 Å². The summed E-state index contributed by atoms with van der Waals surface area (Å²) < 4.78 is 16.5. The van der Waals surface area contributed by atoms with Crippen molar-refractivity contribution >= 4 is 29.1 Å². The van der Waals surface area contributed by atoms with Gasteiger partial charge in [-0.25, -0.2) is 4.79 Å². The average Bonchev–Trinajstić information content (AvgIpc) is 3.01. The minimum atomic E-state index is -2.00. The van der Waals surface area contributed by atoms with Gasteiger partial charge in [-0.05, 0) is 72.3 Å². The highest BCUT2D eigenvalue weighted by atomic mass is 31.2. The fraction of sp³-hybridized carbons (Fsp3) is 0.0882. The van der Waals surface area contributed by atoms with Gasteiger partial charge in [0, 0.05) is 0 Å². The van der Waals surface area contributed by atoms with Crippen molar-refractivity contribution in [2.24, 2.45) is 0 Å². The number of rotatable bonds is 9. The fourth-order valence-electron chi connectivity index (χ4n) is 4.83. The van der Waals surface area contributed by atoms with Crippen molar-refractivity contribution in [2.45, 2.75) is 6.16 Å². The van der Waals surface area contributed by atoms with E-state index in [4.69, 9.17) is 14.2 Å². The standard InChI is InChI=1S/C34H30O4P/c1-36-32-23-20-27(34(35)37-2)24-33(32)38-28-21-18-26(19-22-28)25-39(29-12-6-3-7-13-29,30-14-8-4-9-15-30)31-16-10-5-11-17-31/h3-24H,25H2,1-2H3/q+1. The van der Waals surface area contributed by atoms with Crippen LogP contribution in [0.25, 0.3) is 0 Å². The van der Waals surface area contributed by atoms with Crippen molar-refractivity contribution in [3.05, 3.63) is 145 Å². The highest BCUT2D eigenvalue weighted by molar-refractivity contribution is 7.95. The van der Waals surface area contributed by atoms with Crippen molar-refractivity contribution in [1.82, 2.24) is 0 Å². The van der Waals surface area contributed by atoms with Crippen molar-refractivity contribution in [3.8, 4) is 17.2 Å². The van der Waals surface area contributed by atoms with E-state index in [9.17, 15) is 4.79 Å². The SMILES string of the molecule is COC(=O)c1ccc(OC)c(Oc2ccc(C[P+](c3ccccc3)(c3ccccc3)c3ccccc3)cc2)c1. The zero-order valence-corrected chi connectivity index (χ0v) is 22.9. The van der Waals surface area contributed by atoms with E-state index in [0.717, 1.165) is 6.16 Å². The minimum absolute atomic E-state index is 0.396. The van der Waals surface area contributed by atoms with Crippen LogP contribution in [0.4, 0.5) is 0 Å². The van der Waals surface area contributed by atoms with Gasteiger partial charge in [-0.15, -0.1) is 0 Å². The summed E-state index contributed by atoms with van der Waals surface area (Å²) in [6, 6.07) is 45.7. The zero-order valence-electron chi connectivity index (χ0n) is 22.0. The van der Waals surface area contributed by atoms with Crippen LogP contribution in [0.3, 0.4) is 0 Å². The summed E-state index contributed by atoms with van der Waals surface area (Å²) in [5.74, 6) is 1.21. The first kappa shape index (κ1) is 26.2. The van der Waals surface area contributed by atoms with Crippen LogP contribution in [0.1, 0.15) is 15.9 Å². The molecule has 194 valence electrons. The van der Waals surface area contributed by atoms with E-state index in [1.165, 1.54) is 28.6 Å². The molecule has 0 bridgehead atoms. The summed E-state index contributed by atoms with van der Waals surface area (Å²) in [4.78, 5) is 12.0. The number of methoxy groups -OCH3 is 2. The van der Waals surface area contributed by atoms with Crippen molar-refractivity contribution < 1.29 is 19.0 Å². The highest BCUT2D eigenvalue weighted by Crippen LogP contribution is 2.58. The van der Waals surface area contributed by atoms with Crippen molar-refractivity contribution in [1.29, 1.82) is 0 Å². The summed E-state index contributed by atoms with van der Waals surface area (Å²) in [5.41, 5.74) is 1.61. The second-order valence-corrected chi connectivity index (χ2v) is 12.6. The van der Waals surface area contributed by atoms with E-state index in [1.807, 2.05) is 12.1 Å². The number of carbonyl (C=O) groups is 1. The Bertz CT molecular complexity index is 1420. The molecule has 0 aliphatic carbocycles. The monoisotopic (exact) mass is 533 g/mol. The van der Waals surface area contributed by atoms with Gasteiger partial charge in [0.1, 0.15) is 28.9 Å². The smallest absolute Gasteiger partial charge is 0.337 e. The molecule has 5 aromatic rings. The van der Waals surface area contributed by atoms with Crippen LogP contribution < -0.4 is 25.4 Å². The maximum absolute atomic E-state index is 12.0. The van der Waals surface area contributed by atoms with Gasteiger partial charge in [0.25, 0.3) is 0 Å². The average molecular weight is 534 g/mol.